The SMILES string of the molecule is Cc1ccccc1OC[C@@H](C)NC(=O)COc1ccc(Cl)cc1Cl. The Balaban J connectivity index is 1.76. The van der Waals surface area contributed by atoms with Crippen molar-refractivity contribution in [1.82, 2.24) is 5.32 Å². The molecular weight excluding hydrogens is 349 g/mol. The number of para-hydroxylation sites is 1. The highest BCUT2D eigenvalue weighted by molar-refractivity contribution is 6.35. The first-order chi connectivity index (χ1) is 11.5. The van der Waals surface area contributed by atoms with Crippen LogP contribution in [0.4, 0.5) is 0 Å². The molecule has 0 aliphatic rings. The summed E-state index contributed by atoms with van der Waals surface area (Å²) >= 11 is 11.8. The van der Waals surface area contributed by atoms with Gasteiger partial charge in [-0.25, -0.2) is 0 Å². The molecule has 0 bridgehead atoms. The molecule has 0 saturated carbocycles. The fourth-order valence-electron chi connectivity index (χ4n) is 2.03. The predicted octanol–water partition coefficient (Wildman–Crippen LogP) is 4.26. The van der Waals surface area contributed by atoms with E-state index in [0.29, 0.717) is 22.4 Å². The van der Waals surface area contributed by atoms with E-state index in [0.717, 1.165) is 11.3 Å². The molecule has 0 spiro atoms. The van der Waals surface area contributed by atoms with Crippen LogP contribution in [0.25, 0.3) is 0 Å². The zero-order chi connectivity index (χ0) is 17.5. The van der Waals surface area contributed by atoms with Crippen molar-refractivity contribution in [2.24, 2.45) is 0 Å². The number of nitrogens with one attached hydrogen (secondary N) is 1. The number of aryl methyl sites for hydroxylation is 1. The highest BCUT2D eigenvalue weighted by atomic mass is 35.5. The molecule has 2 aromatic carbocycles. The number of carbonyl (C=O) groups is 1. The molecule has 0 heterocycles. The molecule has 0 aliphatic heterocycles. The van der Waals surface area contributed by atoms with Gasteiger partial charge in [-0.15, -0.1) is 0 Å². The molecule has 1 N–H and O–H groups in total. The van der Waals surface area contributed by atoms with E-state index in [1.165, 1.54) is 0 Å². The average molecular weight is 368 g/mol. The first kappa shape index (κ1) is 18.4. The van der Waals surface area contributed by atoms with Gasteiger partial charge in [0.05, 0.1) is 11.1 Å². The number of amides is 1. The summed E-state index contributed by atoms with van der Waals surface area (Å²) in [7, 11) is 0. The van der Waals surface area contributed by atoms with Crippen molar-refractivity contribution >= 4 is 29.1 Å². The summed E-state index contributed by atoms with van der Waals surface area (Å²) in [6, 6.07) is 12.4. The number of ether oxygens (including phenoxy) is 2. The summed E-state index contributed by atoms with van der Waals surface area (Å²) in [5.74, 6) is 0.977. The smallest absolute Gasteiger partial charge is 0.258 e. The molecule has 1 amide bonds. The van der Waals surface area contributed by atoms with E-state index in [-0.39, 0.29) is 18.6 Å². The Kier molecular flexibility index (Phi) is 6.76. The summed E-state index contributed by atoms with van der Waals surface area (Å²) in [5, 5.41) is 3.69. The van der Waals surface area contributed by atoms with Gasteiger partial charge in [0.25, 0.3) is 5.91 Å². The van der Waals surface area contributed by atoms with Crippen LogP contribution in [-0.2, 0) is 4.79 Å². The molecule has 128 valence electrons. The molecule has 6 heteroatoms. The van der Waals surface area contributed by atoms with Crippen molar-refractivity contribution in [3.05, 3.63) is 58.1 Å². The van der Waals surface area contributed by atoms with Crippen molar-refractivity contribution in [3.63, 3.8) is 0 Å². The monoisotopic (exact) mass is 367 g/mol. The molecule has 0 aliphatic carbocycles. The van der Waals surface area contributed by atoms with Crippen LogP contribution in [0.3, 0.4) is 0 Å². The maximum Gasteiger partial charge on any atom is 0.258 e. The summed E-state index contributed by atoms with van der Waals surface area (Å²) in [6.45, 7) is 4.09. The normalized spacial score (nSPS) is 11.7. The largest absolute Gasteiger partial charge is 0.491 e. The third-order valence-electron chi connectivity index (χ3n) is 3.24. The Bertz CT molecular complexity index is 706. The maximum atomic E-state index is 11.9. The highest BCUT2D eigenvalue weighted by Crippen LogP contribution is 2.27. The zero-order valence-corrected chi connectivity index (χ0v) is 15.0. The zero-order valence-electron chi connectivity index (χ0n) is 13.5. The quantitative estimate of drug-likeness (QED) is 0.794. The minimum Gasteiger partial charge on any atom is -0.491 e. The fourth-order valence-corrected chi connectivity index (χ4v) is 2.49. The van der Waals surface area contributed by atoms with Gasteiger partial charge in [0, 0.05) is 5.02 Å². The molecule has 0 saturated heterocycles. The molecule has 0 radical (unpaired) electrons. The van der Waals surface area contributed by atoms with Crippen LogP contribution in [-0.4, -0.2) is 25.2 Å². The molecule has 0 unspecified atom stereocenters. The molecule has 1 atom stereocenters. The van der Waals surface area contributed by atoms with E-state index in [1.54, 1.807) is 18.2 Å². The predicted molar refractivity (Wildman–Crippen MR) is 96.2 cm³/mol. The molecule has 4 nitrogen and oxygen atoms in total. The summed E-state index contributed by atoms with van der Waals surface area (Å²) < 4.78 is 11.1. The first-order valence-corrected chi connectivity index (χ1v) is 8.27. The van der Waals surface area contributed by atoms with Crippen LogP contribution in [0.2, 0.25) is 10.0 Å². The van der Waals surface area contributed by atoms with Crippen molar-refractivity contribution < 1.29 is 14.3 Å². The fraction of sp³-hybridized carbons (Fsp3) is 0.278. The Morgan fingerprint density at radius 1 is 1.12 bits per heavy atom. The highest BCUT2D eigenvalue weighted by Gasteiger charge is 2.11. The molecule has 2 aromatic rings. The summed E-state index contributed by atoms with van der Waals surface area (Å²) in [6.07, 6.45) is 0. The Morgan fingerprint density at radius 2 is 1.88 bits per heavy atom. The van der Waals surface area contributed by atoms with Gasteiger partial charge in [0.2, 0.25) is 0 Å². The van der Waals surface area contributed by atoms with Crippen molar-refractivity contribution in [2.45, 2.75) is 19.9 Å². The number of halogens is 2. The van der Waals surface area contributed by atoms with Gasteiger partial charge < -0.3 is 14.8 Å². The van der Waals surface area contributed by atoms with Crippen LogP contribution in [0.1, 0.15) is 12.5 Å². The number of carbonyl (C=O) groups excluding carboxylic acids is 1. The van der Waals surface area contributed by atoms with E-state index in [1.807, 2.05) is 38.1 Å². The van der Waals surface area contributed by atoms with Crippen LogP contribution < -0.4 is 14.8 Å². The second-order valence-corrected chi connectivity index (χ2v) is 6.25. The lowest BCUT2D eigenvalue weighted by Crippen LogP contribution is -2.39. The molecule has 24 heavy (non-hydrogen) atoms. The summed E-state index contributed by atoms with van der Waals surface area (Å²) in [5.41, 5.74) is 1.05. The van der Waals surface area contributed by atoms with E-state index in [9.17, 15) is 4.79 Å². The van der Waals surface area contributed by atoms with Crippen LogP contribution in [0.15, 0.2) is 42.5 Å². The minimum atomic E-state index is -0.248. The topological polar surface area (TPSA) is 47.6 Å². The van der Waals surface area contributed by atoms with E-state index in [4.69, 9.17) is 32.7 Å². The molecular formula is C18H19Cl2NO3. The Hall–Kier alpha value is -1.91. The van der Waals surface area contributed by atoms with Gasteiger partial charge in [-0.05, 0) is 43.7 Å². The third-order valence-corrected chi connectivity index (χ3v) is 3.77. The number of hydrogen-bond donors (Lipinski definition) is 1. The number of hydrogen-bond acceptors (Lipinski definition) is 3. The van der Waals surface area contributed by atoms with Gasteiger partial charge in [-0.1, -0.05) is 41.4 Å². The van der Waals surface area contributed by atoms with Crippen molar-refractivity contribution in [2.75, 3.05) is 13.2 Å². The van der Waals surface area contributed by atoms with Gasteiger partial charge in [0.15, 0.2) is 6.61 Å². The minimum absolute atomic E-state index is 0.129. The van der Waals surface area contributed by atoms with Gasteiger partial charge in [0.1, 0.15) is 18.1 Å². The number of rotatable bonds is 7. The van der Waals surface area contributed by atoms with Crippen LogP contribution in [0.5, 0.6) is 11.5 Å². The van der Waals surface area contributed by atoms with Crippen molar-refractivity contribution in [3.8, 4) is 11.5 Å². The Labute approximate surface area is 151 Å². The van der Waals surface area contributed by atoms with Crippen molar-refractivity contribution in [1.29, 1.82) is 0 Å². The molecule has 2 rings (SSSR count). The van der Waals surface area contributed by atoms with Gasteiger partial charge in [-0.3, -0.25) is 4.79 Å². The lowest BCUT2D eigenvalue weighted by atomic mass is 10.2. The van der Waals surface area contributed by atoms with Crippen LogP contribution >= 0.6 is 23.2 Å². The van der Waals surface area contributed by atoms with Gasteiger partial charge >= 0.3 is 0 Å². The van der Waals surface area contributed by atoms with E-state index in [2.05, 4.69) is 5.32 Å². The average Bonchev–Trinajstić information content (AvgIpc) is 2.53. The first-order valence-electron chi connectivity index (χ1n) is 7.51. The second kappa shape index (κ2) is 8.81. The van der Waals surface area contributed by atoms with Gasteiger partial charge in [-0.2, -0.15) is 0 Å². The van der Waals surface area contributed by atoms with E-state index < -0.39 is 0 Å². The lowest BCUT2D eigenvalue weighted by molar-refractivity contribution is -0.123. The maximum absolute atomic E-state index is 11.9. The third kappa shape index (κ3) is 5.62. The lowest BCUT2D eigenvalue weighted by Gasteiger charge is -2.16. The molecule has 0 fully saturated rings. The van der Waals surface area contributed by atoms with E-state index >= 15 is 0 Å². The second-order valence-electron chi connectivity index (χ2n) is 5.41. The standard InChI is InChI=1S/C18H19Cl2NO3/c1-12-5-3-4-6-16(12)23-10-13(2)21-18(22)11-24-17-8-7-14(19)9-15(17)20/h3-9,13H,10-11H2,1-2H3,(H,21,22)/t13-/m1/s1. The van der Waals surface area contributed by atoms with Crippen LogP contribution in [0, 0.1) is 6.92 Å². The number of benzene rings is 2. The Morgan fingerprint density at radius 3 is 2.58 bits per heavy atom. The summed E-state index contributed by atoms with van der Waals surface area (Å²) in [4.78, 5) is 11.9. The molecule has 0 aromatic heterocycles.